The summed E-state index contributed by atoms with van der Waals surface area (Å²) in [5.74, 6) is 1.27. The summed E-state index contributed by atoms with van der Waals surface area (Å²) in [5, 5.41) is 4.05. The van der Waals surface area contributed by atoms with Gasteiger partial charge in [-0.05, 0) is 37.1 Å². The minimum absolute atomic E-state index is 0.0354. The van der Waals surface area contributed by atoms with Crippen LogP contribution in [0, 0.1) is 0 Å². The van der Waals surface area contributed by atoms with Gasteiger partial charge in [0.05, 0.1) is 16.7 Å². The number of fused-ring (bicyclic) bond motifs is 2. The topological polar surface area (TPSA) is 82.5 Å². The zero-order valence-corrected chi connectivity index (χ0v) is 15.7. The van der Waals surface area contributed by atoms with E-state index in [0.717, 1.165) is 12.8 Å². The second kappa shape index (κ2) is 6.87. The van der Waals surface area contributed by atoms with E-state index < -0.39 is 0 Å². The van der Waals surface area contributed by atoms with Crippen molar-refractivity contribution < 1.29 is 14.3 Å². The second-order valence-corrected chi connectivity index (χ2v) is 7.67. The van der Waals surface area contributed by atoms with Crippen molar-refractivity contribution in [3.05, 3.63) is 52.8 Å². The van der Waals surface area contributed by atoms with E-state index in [4.69, 9.17) is 9.47 Å². The summed E-state index contributed by atoms with van der Waals surface area (Å²) in [6.07, 6.45) is 1.94. The lowest BCUT2D eigenvalue weighted by molar-refractivity contribution is -0.113. The van der Waals surface area contributed by atoms with Gasteiger partial charge in [-0.1, -0.05) is 23.9 Å². The van der Waals surface area contributed by atoms with E-state index in [0.29, 0.717) is 33.2 Å². The minimum Gasteiger partial charge on any atom is -0.454 e. The Balaban J connectivity index is 1.35. The molecule has 0 atom stereocenters. The van der Waals surface area contributed by atoms with Gasteiger partial charge in [-0.3, -0.25) is 14.2 Å². The fourth-order valence-corrected chi connectivity index (χ4v) is 4.05. The maximum absolute atomic E-state index is 12.9. The number of rotatable bonds is 5. The molecule has 0 bridgehead atoms. The third-order valence-corrected chi connectivity index (χ3v) is 5.63. The van der Waals surface area contributed by atoms with Crippen LogP contribution in [0.15, 0.2) is 52.4 Å². The Bertz CT molecular complexity index is 1140. The van der Waals surface area contributed by atoms with Crippen molar-refractivity contribution in [2.45, 2.75) is 24.0 Å². The molecule has 5 rings (SSSR count). The molecule has 0 saturated heterocycles. The van der Waals surface area contributed by atoms with Gasteiger partial charge in [0.15, 0.2) is 16.7 Å². The fourth-order valence-electron chi connectivity index (χ4n) is 3.18. The van der Waals surface area contributed by atoms with E-state index in [1.165, 1.54) is 11.8 Å². The third kappa shape index (κ3) is 3.20. The summed E-state index contributed by atoms with van der Waals surface area (Å²) in [4.78, 5) is 29.9. The van der Waals surface area contributed by atoms with Crippen molar-refractivity contribution in [2.75, 3.05) is 17.9 Å². The number of thioether (sulfide) groups is 1. The lowest BCUT2D eigenvalue weighted by Gasteiger charge is -2.12. The summed E-state index contributed by atoms with van der Waals surface area (Å²) in [6, 6.07) is 12.8. The molecule has 0 spiro atoms. The van der Waals surface area contributed by atoms with E-state index in [-0.39, 0.29) is 30.1 Å². The highest BCUT2D eigenvalue weighted by molar-refractivity contribution is 7.99. The molecule has 3 aromatic rings. The molecule has 2 aromatic carbocycles. The predicted octanol–water partition coefficient (Wildman–Crippen LogP) is 3.19. The number of carbonyl (C=O) groups excluding carboxylic acids is 1. The van der Waals surface area contributed by atoms with Crippen molar-refractivity contribution >= 4 is 34.3 Å². The van der Waals surface area contributed by atoms with Crippen LogP contribution in [0.4, 0.5) is 5.69 Å². The van der Waals surface area contributed by atoms with E-state index in [1.807, 2.05) is 18.2 Å². The molecule has 1 aromatic heterocycles. The Morgan fingerprint density at radius 1 is 1.18 bits per heavy atom. The zero-order valence-electron chi connectivity index (χ0n) is 14.9. The summed E-state index contributed by atoms with van der Waals surface area (Å²) in [5.41, 5.74) is 1.26. The van der Waals surface area contributed by atoms with Gasteiger partial charge in [-0.25, -0.2) is 4.98 Å². The van der Waals surface area contributed by atoms with Gasteiger partial charge in [0.2, 0.25) is 12.7 Å². The van der Waals surface area contributed by atoms with Crippen molar-refractivity contribution in [1.82, 2.24) is 9.55 Å². The summed E-state index contributed by atoms with van der Waals surface area (Å²) < 4.78 is 12.3. The molecule has 1 saturated carbocycles. The van der Waals surface area contributed by atoms with Gasteiger partial charge < -0.3 is 14.8 Å². The minimum atomic E-state index is -0.173. The second-order valence-electron chi connectivity index (χ2n) is 6.72. The Hall–Kier alpha value is -3.00. The molecule has 7 nitrogen and oxygen atoms in total. The van der Waals surface area contributed by atoms with Gasteiger partial charge in [-0.2, -0.15) is 0 Å². The number of carbonyl (C=O) groups is 1. The number of aromatic nitrogens is 2. The lowest BCUT2D eigenvalue weighted by Crippen LogP contribution is -2.23. The predicted molar refractivity (Wildman–Crippen MR) is 106 cm³/mol. The van der Waals surface area contributed by atoms with E-state index in [9.17, 15) is 9.59 Å². The van der Waals surface area contributed by atoms with Gasteiger partial charge in [0, 0.05) is 17.8 Å². The standard InChI is InChI=1S/C20H17N3O4S/c24-18(21-12-5-8-16-17(9-12)27-11-26-16)10-28-20-22-15-4-2-1-3-14(15)19(25)23(20)13-6-7-13/h1-5,8-9,13H,6-7,10-11H2,(H,21,24). The number of hydrogen-bond donors (Lipinski definition) is 1. The number of anilines is 1. The molecule has 1 fully saturated rings. The van der Waals surface area contributed by atoms with E-state index >= 15 is 0 Å². The number of nitrogens with one attached hydrogen (secondary N) is 1. The number of nitrogens with zero attached hydrogens (tertiary/aromatic N) is 2. The average Bonchev–Trinajstić information content (AvgIpc) is 3.42. The smallest absolute Gasteiger partial charge is 0.262 e. The highest BCUT2D eigenvalue weighted by atomic mass is 32.2. The van der Waals surface area contributed by atoms with Crippen LogP contribution in [0.5, 0.6) is 11.5 Å². The molecular weight excluding hydrogens is 378 g/mol. The van der Waals surface area contributed by atoms with Crippen LogP contribution < -0.4 is 20.3 Å². The first-order chi connectivity index (χ1) is 13.7. The van der Waals surface area contributed by atoms with E-state index in [1.54, 1.807) is 28.8 Å². The molecule has 1 amide bonds. The Morgan fingerprint density at radius 3 is 2.86 bits per heavy atom. The Labute approximate surface area is 164 Å². The van der Waals surface area contributed by atoms with Crippen LogP contribution in [-0.2, 0) is 4.79 Å². The summed E-state index contributed by atoms with van der Waals surface area (Å²) >= 11 is 1.28. The molecule has 28 heavy (non-hydrogen) atoms. The molecule has 142 valence electrons. The highest BCUT2D eigenvalue weighted by Gasteiger charge is 2.28. The van der Waals surface area contributed by atoms with E-state index in [2.05, 4.69) is 10.3 Å². The summed E-state index contributed by atoms with van der Waals surface area (Å²) in [6.45, 7) is 0.189. The SMILES string of the molecule is O=C(CSc1nc2ccccc2c(=O)n1C1CC1)Nc1ccc2c(c1)OCO2. The number of benzene rings is 2. The highest BCUT2D eigenvalue weighted by Crippen LogP contribution is 2.37. The van der Waals surface area contributed by atoms with Crippen molar-refractivity contribution in [1.29, 1.82) is 0 Å². The molecule has 0 radical (unpaired) electrons. The molecular formula is C20H17N3O4S. The van der Waals surface area contributed by atoms with Crippen LogP contribution >= 0.6 is 11.8 Å². The van der Waals surface area contributed by atoms with Crippen molar-refractivity contribution in [2.24, 2.45) is 0 Å². The number of hydrogen-bond acceptors (Lipinski definition) is 6. The first kappa shape index (κ1) is 17.1. The molecule has 1 aliphatic carbocycles. The van der Waals surface area contributed by atoms with Gasteiger partial charge in [-0.15, -0.1) is 0 Å². The number of para-hydroxylation sites is 1. The largest absolute Gasteiger partial charge is 0.454 e. The summed E-state index contributed by atoms with van der Waals surface area (Å²) in [7, 11) is 0. The van der Waals surface area contributed by atoms with Gasteiger partial charge >= 0.3 is 0 Å². The van der Waals surface area contributed by atoms with Crippen LogP contribution in [-0.4, -0.2) is 28.0 Å². The fraction of sp³-hybridized carbons (Fsp3) is 0.250. The maximum Gasteiger partial charge on any atom is 0.262 e. The number of ether oxygens (including phenoxy) is 2. The molecule has 2 heterocycles. The normalized spacial score (nSPS) is 15.0. The molecule has 1 aliphatic heterocycles. The Kier molecular flexibility index (Phi) is 4.20. The lowest BCUT2D eigenvalue weighted by atomic mass is 10.2. The van der Waals surface area contributed by atoms with Crippen LogP contribution in [0.1, 0.15) is 18.9 Å². The maximum atomic E-state index is 12.9. The van der Waals surface area contributed by atoms with Crippen LogP contribution in [0.25, 0.3) is 10.9 Å². The monoisotopic (exact) mass is 395 g/mol. The molecule has 8 heteroatoms. The van der Waals surface area contributed by atoms with Crippen molar-refractivity contribution in [3.8, 4) is 11.5 Å². The first-order valence-electron chi connectivity index (χ1n) is 9.02. The quantitative estimate of drug-likeness (QED) is 0.528. The van der Waals surface area contributed by atoms with Gasteiger partial charge in [0.1, 0.15) is 0 Å². The average molecular weight is 395 g/mol. The van der Waals surface area contributed by atoms with Crippen molar-refractivity contribution in [3.63, 3.8) is 0 Å². The number of amides is 1. The van der Waals surface area contributed by atoms with Gasteiger partial charge in [0.25, 0.3) is 5.56 Å². The van der Waals surface area contributed by atoms with Crippen LogP contribution in [0.3, 0.4) is 0 Å². The molecule has 0 unspecified atom stereocenters. The zero-order chi connectivity index (χ0) is 19.1. The third-order valence-electron chi connectivity index (χ3n) is 4.68. The molecule has 1 N–H and O–H groups in total. The molecule has 2 aliphatic rings. The van der Waals surface area contributed by atoms with Crippen LogP contribution in [0.2, 0.25) is 0 Å². The first-order valence-corrected chi connectivity index (χ1v) is 10.0. The Morgan fingerprint density at radius 2 is 2.00 bits per heavy atom.